The van der Waals surface area contributed by atoms with Crippen LogP contribution in [0.4, 0.5) is 0 Å². The lowest BCUT2D eigenvalue weighted by Gasteiger charge is -2.18. The fraction of sp³-hybridized carbons (Fsp3) is 0.727. The standard InChI is InChI=1S/C11H19N3/c1-11(2,12)7-10-8-5-3-4-6-9(8)13-14-10/h3-7,12H2,1-2H3,(H,13,14). The first-order chi connectivity index (χ1) is 6.56. The van der Waals surface area contributed by atoms with Gasteiger partial charge in [0.2, 0.25) is 0 Å². The van der Waals surface area contributed by atoms with E-state index in [0.717, 1.165) is 12.8 Å². The van der Waals surface area contributed by atoms with Gasteiger partial charge in [-0.05, 0) is 45.1 Å². The molecule has 0 bridgehead atoms. The van der Waals surface area contributed by atoms with Gasteiger partial charge in [-0.25, -0.2) is 0 Å². The Morgan fingerprint density at radius 2 is 2.07 bits per heavy atom. The van der Waals surface area contributed by atoms with Gasteiger partial charge in [0.25, 0.3) is 0 Å². The molecule has 3 heteroatoms. The Hall–Kier alpha value is -0.830. The largest absolute Gasteiger partial charge is 0.325 e. The Balaban J connectivity index is 2.22. The molecule has 0 radical (unpaired) electrons. The minimum atomic E-state index is -0.152. The quantitative estimate of drug-likeness (QED) is 0.749. The summed E-state index contributed by atoms with van der Waals surface area (Å²) >= 11 is 0. The SMILES string of the molecule is CC(C)(N)Cc1n[nH]c2c1CCCC2. The van der Waals surface area contributed by atoms with Crippen LogP contribution in [-0.2, 0) is 19.3 Å². The molecule has 1 aliphatic carbocycles. The van der Waals surface area contributed by atoms with Crippen LogP contribution in [-0.4, -0.2) is 15.7 Å². The zero-order chi connectivity index (χ0) is 10.2. The molecule has 0 unspecified atom stereocenters. The lowest BCUT2D eigenvalue weighted by atomic mass is 9.91. The molecule has 1 aliphatic rings. The minimum Gasteiger partial charge on any atom is -0.325 e. The molecule has 0 aliphatic heterocycles. The van der Waals surface area contributed by atoms with E-state index in [0.29, 0.717) is 0 Å². The summed E-state index contributed by atoms with van der Waals surface area (Å²) in [4.78, 5) is 0. The second kappa shape index (κ2) is 3.39. The van der Waals surface area contributed by atoms with Gasteiger partial charge in [-0.2, -0.15) is 5.10 Å². The molecule has 14 heavy (non-hydrogen) atoms. The fourth-order valence-electron chi connectivity index (χ4n) is 2.13. The maximum Gasteiger partial charge on any atom is 0.0675 e. The fourth-order valence-corrected chi connectivity index (χ4v) is 2.13. The van der Waals surface area contributed by atoms with Crippen LogP contribution in [0.5, 0.6) is 0 Å². The van der Waals surface area contributed by atoms with Crippen molar-refractivity contribution in [1.82, 2.24) is 10.2 Å². The molecule has 0 fully saturated rings. The number of H-pyrrole nitrogens is 1. The number of fused-ring (bicyclic) bond motifs is 1. The first-order valence-corrected chi connectivity index (χ1v) is 5.40. The highest BCUT2D eigenvalue weighted by Gasteiger charge is 2.21. The van der Waals surface area contributed by atoms with Crippen molar-refractivity contribution in [1.29, 1.82) is 0 Å². The number of rotatable bonds is 2. The lowest BCUT2D eigenvalue weighted by Crippen LogP contribution is -2.35. The summed E-state index contributed by atoms with van der Waals surface area (Å²) in [6.45, 7) is 4.10. The number of aromatic nitrogens is 2. The van der Waals surface area contributed by atoms with Crippen molar-refractivity contribution in [3.63, 3.8) is 0 Å². The van der Waals surface area contributed by atoms with E-state index in [9.17, 15) is 0 Å². The van der Waals surface area contributed by atoms with Gasteiger partial charge in [0.05, 0.1) is 5.69 Å². The van der Waals surface area contributed by atoms with Gasteiger partial charge in [-0.1, -0.05) is 0 Å². The van der Waals surface area contributed by atoms with Crippen LogP contribution in [0.15, 0.2) is 0 Å². The van der Waals surface area contributed by atoms with Gasteiger partial charge in [0, 0.05) is 17.7 Å². The van der Waals surface area contributed by atoms with Gasteiger partial charge >= 0.3 is 0 Å². The number of aromatic amines is 1. The van der Waals surface area contributed by atoms with E-state index in [1.807, 2.05) is 0 Å². The Morgan fingerprint density at radius 1 is 1.36 bits per heavy atom. The molecule has 1 aromatic rings. The van der Waals surface area contributed by atoms with Crippen molar-refractivity contribution in [2.45, 2.75) is 51.5 Å². The maximum atomic E-state index is 6.01. The smallest absolute Gasteiger partial charge is 0.0675 e. The predicted molar refractivity (Wildman–Crippen MR) is 57.2 cm³/mol. The number of aryl methyl sites for hydroxylation is 1. The van der Waals surface area contributed by atoms with Crippen molar-refractivity contribution in [2.24, 2.45) is 5.73 Å². The summed E-state index contributed by atoms with van der Waals surface area (Å²) in [5.41, 5.74) is 9.82. The van der Waals surface area contributed by atoms with Crippen molar-refractivity contribution < 1.29 is 0 Å². The summed E-state index contributed by atoms with van der Waals surface area (Å²) < 4.78 is 0. The van der Waals surface area contributed by atoms with Crippen LogP contribution >= 0.6 is 0 Å². The number of nitrogens with zero attached hydrogens (tertiary/aromatic N) is 1. The second-order valence-corrected chi connectivity index (χ2v) is 5.00. The monoisotopic (exact) mass is 193 g/mol. The third-order valence-electron chi connectivity index (χ3n) is 2.77. The summed E-state index contributed by atoms with van der Waals surface area (Å²) in [6.07, 6.45) is 5.80. The summed E-state index contributed by atoms with van der Waals surface area (Å²) in [5, 5.41) is 7.52. The van der Waals surface area contributed by atoms with E-state index in [1.165, 1.54) is 36.2 Å². The molecule has 0 amide bonds. The molecule has 78 valence electrons. The molecule has 1 aromatic heterocycles. The summed E-state index contributed by atoms with van der Waals surface area (Å²) in [6, 6.07) is 0. The molecular formula is C11H19N3. The Bertz CT molecular complexity index is 320. The zero-order valence-electron chi connectivity index (χ0n) is 9.06. The van der Waals surface area contributed by atoms with Gasteiger partial charge in [-0.3, -0.25) is 5.10 Å². The summed E-state index contributed by atoms with van der Waals surface area (Å²) in [7, 11) is 0. The van der Waals surface area contributed by atoms with Crippen molar-refractivity contribution >= 4 is 0 Å². The normalized spacial score (nSPS) is 16.8. The van der Waals surface area contributed by atoms with Gasteiger partial charge in [0.15, 0.2) is 0 Å². The zero-order valence-corrected chi connectivity index (χ0v) is 9.06. The lowest BCUT2D eigenvalue weighted by molar-refractivity contribution is 0.506. The van der Waals surface area contributed by atoms with E-state index in [2.05, 4.69) is 24.0 Å². The average molecular weight is 193 g/mol. The molecule has 3 N–H and O–H groups in total. The number of hydrogen-bond acceptors (Lipinski definition) is 2. The molecule has 0 spiro atoms. The van der Waals surface area contributed by atoms with Crippen LogP contribution in [0.2, 0.25) is 0 Å². The molecule has 3 nitrogen and oxygen atoms in total. The highest BCUT2D eigenvalue weighted by Crippen LogP contribution is 2.24. The highest BCUT2D eigenvalue weighted by molar-refractivity contribution is 5.28. The maximum absolute atomic E-state index is 6.01. The Morgan fingerprint density at radius 3 is 2.79 bits per heavy atom. The van der Waals surface area contributed by atoms with Crippen LogP contribution < -0.4 is 5.73 Å². The number of nitrogens with one attached hydrogen (secondary N) is 1. The van der Waals surface area contributed by atoms with Crippen molar-refractivity contribution in [3.05, 3.63) is 17.0 Å². The van der Waals surface area contributed by atoms with Gasteiger partial charge in [0.1, 0.15) is 0 Å². The van der Waals surface area contributed by atoms with Crippen LogP contribution in [0.3, 0.4) is 0 Å². The molecule has 0 atom stereocenters. The van der Waals surface area contributed by atoms with E-state index < -0.39 is 0 Å². The first-order valence-electron chi connectivity index (χ1n) is 5.40. The topological polar surface area (TPSA) is 54.7 Å². The Kier molecular flexibility index (Phi) is 2.35. The minimum absolute atomic E-state index is 0.152. The molecular weight excluding hydrogens is 174 g/mol. The van der Waals surface area contributed by atoms with Crippen LogP contribution in [0.1, 0.15) is 43.6 Å². The van der Waals surface area contributed by atoms with E-state index in [-0.39, 0.29) is 5.54 Å². The van der Waals surface area contributed by atoms with E-state index >= 15 is 0 Å². The molecule has 0 saturated carbocycles. The third kappa shape index (κ3) is 1.98. The molecule has 2 rings (SSSR count). The van der Waals surface area contributed by atoms with Crippen LogP contribution in [0, 0.1) is 0 Å². The predicted octanol–water partition coefficient (Wildman–Crippen LogP) is 1.57. The van der Waals surface area contributed by atoms with Crippen molar-refractivity contribution in [2.75, 3.05) is 0 Å². The first kappa shape index (κ1) is 9.71. The van der Waals surface area contributed by atoms with E-state index in [4.69, 9.17) is 5.73 Å². The van der Waals surface area contributed by atoms with Gasteiger partial charge < -0.3 is 5.73 Å². The Labute approximate surface area is 85.1 Å². The van der Waals surface area contributed by atoms with Crippen molar-refractivity contribution in [3.8, 4) is 0 Å². The number of hydrogen-bond donors (Lipinski definition) is 2. The highest BCUT2D eigenvalue weighted by atomic mass is 15.1. The van der Waals surface area contributed by atoms with Gasteiger partial charge in [-0.15, -0.1) is 0 Å². The van der Waals surface area contributed by atoms with Crippen LogP contribution in [0.25, 0.3) is 0 Å². The second-order valence-electron chi connectivity index (χ2n) is 5.00. The third-order valence-corrected chi connectivity index (χ3v) is 2.77. The van der Waals surface area contributed by atoms with E-state index in [1.54, 1.807) is 0 Å². The molecule has 0 aromatic carbocycles. The molecule has 0 saturated heterocycles. The average Bonchev–Trinajstić information content (AvgIpc) is 2.47. The summed E-state index contributed by atoms with van der Waals surface area (Å²) in [5.74, 6) is 0. The molecule has 1 heterocycles. The number of nitrogens with two attached hydrogens (primary N) is 1.